The van der Waals surface area contributed by atoms with Crippen LogP contribution in [0.25, 0.3) is 89.1 Å². The van der Waals surface area contributed by atoms with E-state index in [-0.39, 0.29) is 18.4 Å². The van der Waals surface area contributed by atoms with Crippen molar-refractivity contribution in [2.24, 2.45) is 14.1 Å². The van der Waals surface area contributed by atoms with Gasteiger partial charge in [0.1, 0.15) is 11.3 Å². The fourth-order valence-electron chi connectivity index (χ4n) is 9.91. The molecule has 0 fully saturated rings. The number of hydrogen-bond acceptors (Lipinski definition) is 9. The molecule has 374 valence electrons. The number of aromatic nitrogens is 12. The number of aryl methyl sites for hydroxylation is 5. The monoisotopic (exact) mass is 985 g/mol. The minimum atomic E-state index is -0.294. The number of aromatic amines is 2. The Balaban J connectivity index is 1.12. The number of anilines is 2. The van der Waals surface area contributed by atoms with Crippen LogP contribution in [0.15, 0.2) is 123 Å². The van der Waals surface area contributed by atoms with Crippen molar-refractivity contribution in [1.29, 1.82) is 0 Å². The van der Waals surface area contributed by atoms with Crippen molar-refractivity contribution in [2.45, 2.75) is 47.3 Å². The summed E-state index contributed by atoms with van der Waals surface area (Å²) in [5, 5.41) is 20.6. The summed E-state index contributed by atoms with van der Waals surface area (Å²) >= 11 is 0. The lowest BCUT2D eigenvalue weighted by Gasteiger charge is -2.23. The first-order valence-corrected chi connectivity index (χ1v) is 24.5. The third-order valence-electron chi connectivity index (χ3n) is 14.2. The van der Waals surface area contributed by atoms with Crippen molar-refractivity contribution in [1.82, 2.24) is 64.0 Å². The van der Waals surface area contributed by atoms with Crippen molar-refractivity contribution >= 4 is 45.3 Å². The predicted molar refractivity (Wildman–Crippen MR) is 293 cm³/mol. The van der Waals surface area contributed by atoms with Gasteiger partial charge >= 0.3 is 0 Å². The number of carbonyl (C=O) groups is 2. The van der Waals surface area contributed by atoms with E-state index in [0.717, 1.165) is 126 Å². The second-order valence-corrected chi connectivity index (χ2v) is 18.9. The van der Waals surface area contributed by atoms with Crippen LogP contribution in [0.5, 0.6) is 0 Å². The van der Waals surface area contributed by atoms with E-state index in [4.69, 9.17) is 20.2 Å². The maximum Gasteiger partial charge on any atom is 0.250 e. The molecule has 2 aromatic carbocycles. The Morgan fingerprint density at radius 1 is 0.635 bits per heavy atom. The van der Waals surface area contributed by atoms with Gasteiger partial charge in [0.25, 0.3) is 5.91 Å². The maximum absolute atomic E-state index is 14.4. The number of nitrogens with zero attached hydrogens (tertiary/aromatic N) is 13. The minimum absolute atomic E-state index is 0.129. The van der Waals surface area contributed by atoms with Gasteiger partial charge in [-0.2, -0.15) is 20.4 Å². The molecule has 0 saturated carbocycles. The van der Waals surface area contributed by atoms with Crippen LogP contribution in [0, 0.1) is 20.8 Å². The number of likely N-dealkylation sites (N-methyl/N-ethyl adjacent to an activating group) is 2. The minimum Gasteiger partial charge on any atom is -0.339 e. The van der Waals surface area contributed by atoms with E-state index in [1.165, 1.54) is 12.2 Å². The Morgan fingerprint density at radius 3 is 1.86 bits per heavy atom. The Labute approximate surface area is 429 Å². The lowest BCUT2D eigenvalue weighted by molar-refractivity contribution is -0.114. The van der Waals surface area contributed by atoms with E-state index in [1.807, 2.05) is 122 Å². The third kappa shape index (κ3) is 8.59. The molecule has 0 aliphatic rings. The van der Waals surface area contributed by atoms with Gasteiger partial charge in [-0.15, -0.1) is 0 Å². The molecule has 10 aromatic rings. The highest BCUT2D eigenvalue weighted by molar-refractivity contribution is 6.09. The summed E-state index contributed by atoms with van der Waals surface area (Å²) in [4.78, 5) is 50.2. The van der Waals surface area contributed by atoms with Crippen LogP contribution in [0.3, 0.4) is 0 Å². The van der Waals surface area contributed by atoms with Gasteiger partial charge in [0.2, 0.25) is 5.91 Å². The van der Waals surface area contributed by atoms with Gasteiger partial charge in [-0.3, -0.25) is 28.3 Å². The summed E-state index contributed by atoms with van der Waals surface area (Å²) in [7, 11) is 9.65. The zero-order chi connectivity index (χ0) is 52.1. The second-order valence-electron chi connectivity index (χ2n) is 18.9. The molecule has 17 heteroatoms. The number of benzene rings is 2. The van der Waals surface area contributed by atoms with E-state index in [0.29, 0.717) is 17.0 Å². The lowest BCUT2D eigenvalue weighted by atomic mass is 9.94. The molecule has 0 aliphatic heterocycles. The number of fused-ring (bicyclic) bond motifs is 2. The quantitative estimate of drug-likeness (QED) is 0.0895. The second kappa shape index (κ2) is 19.6. The van der Waals surface area contributed by atoms with E-state index in [1.54, 1.807) is 21.5 Å². The molecule has 2 N–H and O–H groups in total. The molecule has 8 heterocycles. The first kappa shape index (κ1) is 48.7. The average Bonchev–Trinajstić information content (AvgIpc) is 4.30. The molecule has 8 aromatic heterocycles. The van der Waals surface area contributed by atoms with Crippen LogP contribution < -0.4 is 9.80 Å². The van der Waals surface area contributed by atoms with Crippen LogP contribution >= 0.6 is 0 Å². The van der Waals surface area contributed by atoms with E-state index in [2.05, 4.69) is 84.2 Å². The van der Waals surface area contributed by atoms with Crippen molar-refractivity contribution in [3.05, 3.63) is 146 Å². The smallest absolute Gasteiger partial charge is 0.250 e. The molecule has 2 amide bonds. The van der Waals surface area contributed by atoms with Gasteiger partial charge in [-0.05, 0) is 100 Å². The first-order chi connectivity index (χ1) is 35.7. The van der Waals surface area contributed by atoms with Gasteiger partial charge in [0, 0.05) is 131 Å². The Morgan fingerprint density at radius 2 is 1.22 bits per heavy atom. The Kier molecular flexibility index (Phi) is 12.9. The number of pyridine rings is 2. The summed E-state index contributed by atoms with van der Waals surface area (Å²) in [5.41, 5.74) is 17.3. The fraction of sp³-hybridized carbons (Fsp3) is 0.228. The zero-order valence-corrected chi connectivity index (χ0v) is 43.3. The van der Waals surface area contributed by atoms with E-state index in [9.17, 15) is 9.59 Å². The zero-order valence-electron chi connectivity index (χ0n) is 43.3. The molecule has 0 saturated heterocycles. The molecule has 0 aliphatic carbocycles. The highest BCUT2D eigenvalue weighted by Gasteiger charge is 2.28. The average molecular weight is 986 g/mol. The molecular weight excluding hydrogens is 927 g/mol. The topological polar surface area (TPSA) is 172 Å². The van der Waals surface area contributed by atoms with Crippen LogP contribution in [0.1, 0.15) is 29.4 Å². The van der Waals surface area contributed by atoms with Crippen molar-refractivity contribution < 1.29 is 9.59 Å². The highest BCUT2D eigenvalue weighted by Crippen LogP contribution is 2.45. The lowest BCUT2D eigenvalue weighted by Crippen LogP contribution is -2.29. The predicted octanol–water partition coefficient (Wildman–Crippen LogP) is 9.68. The fourth-order valence-corrected chi connectivity index (χ4v) is 9.91. The number of nitrogens with one attached hydrogen (secondary N) is 2. The number of rotatable bonds is 16. The van der Waals surface area contributed by atoms with Crippen LogP contribution in [-0.4, -0.2) is 103 Å². The number of hydrogen-bond donors (Lipinski definition) is 2. The SMILES string of the molecule is C=CC(=O)N(C)c1cccc(-c2c(-c3cnn(C)c3CN(C(=O)C=C)c3cccc(-c4c(-c5cnn(CCN(C)C)c5)[nH]c5ncc(-c6cnn(C)c6C)c(C)c45)c3)[nH]c3ncc(-c4cnn(CC)c4)c(C)c23)c1. The molecule has 0 atom stereocenters. The molecule has 0 unspecified atom stereocenters. The molecule has 10 rings (SSSR count). The number of H-pyrrole nitrogens is 2. The summed E-state index contributed by atoms with van der Waals surface area (Å²) < 4.78 is 7.53. The molecular formula is C57H59N15O2. The van der Waals surface area contributed by atoms with Gasteiger partial charge in [0.15, 0.2) is 0 Å². The van der Waals surface area contributed by atoms with Crippen LogP contribution in [0.2, 0.25) is 0 Å². The van der Waals surface area contributed by atoms with E-state index < -0.39 is 0 Å². The maximum atomic E-state index is 14.4. The summed E-state index contributed by atoms with van der Waals surface area (Å²) in [6.45, 7) is 18.4. The summed E-state index contributed by atoms with van der Waals surface area (Å²) in [6, 6.07) is 15.9. The standard InChI is InChI=1S/C57H59N15O2/c1-12-48(73)67(9)41-19-15-17-37(23-41)53-50-34(4)43(39-25-62-70(14-3)31-39)27-58-57(50)65-55(53)46-30-61-69(11)47(46)33-72(49(74)13-2)42-20-16-18-38(24-42)52-51-35(5)44(45-29-60-68(10)36(45)6)28-59-56(51)64-54(52)40-26-63-71(32-40)22-21-66(7)8/h12-13,15-20,23-32H,1-2,14,21-22,33H2,3-11H3,(H,58,65)(H,59,64). The number of amides is 2. The molecule has 0 spiro atoms. The molecule has 74 heavy (non-hydrogen) atoms. The van der Waals surface area contributed by atoms with Gasteiger partial charge in [0.05, 0.1) is 55.0 Å². The Bertz CT molecular complexity index is 3820. The van der Waals surface area contributed by atoms with Crippen LogP contribution in [0.4, 0.5) is 11.4 Å². The largest absolute Gasteiger partial charge is 0.339 e. The van der Waals surface area contributed by atoms with Crippen LogP contribution in [-0.2, 0) is 43.3 Å². The van der Waals surface area contributed by atoms with Gasteiger partial charge in [-0.25, -0.2) is 9.97 Å². The van der Waals surface area contributed by atoms with E-state index >= 15 is 0 Å². The normalized spacial score (nSPS) is 11.6. The first-order valence-electron chi connectivity index (χ1n) is 24.5. The molecule has 0 bridgehead atoms. The van der Waals surface area contributed by atoms with Gasteiger partial charge in [-0.1, -0.05) is 37.4 Å². The number of carbonyl (C=O) groups excluding carboxylic acids is 2. The van der Waals surface area contributed by atoms with Crippen molar-refractivity contribution in [2.75, 3.05) is 37.5 Å². The summed E-state index contributed by atoms with van der Waals surface area (Å²) in [5.74, 6) is -0.527. The highest BCUT2D eigenvalue weighted by atomic mass is 16.2. The van der Waals surface area contributed by atoms with Crippen molar-refractivity contribution in [3.63, 3.8) is 0 Å². The van der Waals surface area contributed by atoms with Gasteiger partial charge < -0.3 is 24.7 Å². The molecule has 17 nitrogen and oxygen atoms in total. The summed E-state index contributed by atoms with van der Waals surface area (Å²) in [6.07, 6.45) is 18.0. The third-order valence-corrected chi connectivity index (χ3v) is 14.2. The Hall–Kier alpha value is -8.96. The van der Waals surface area contributed by atoms with Crippen molar-refractivity contribution in [3.8, 4) is 67.0 Å². The molecule has 0 radical (unpaired) electrons.